The van der Waals surface area contributed by atoms with Gasteiger partial charge in [-0.3, -0.25) is 4.79 Å². The van der Waals surface area contributed by atoms with Crippen molar-refractivity contribution >= 4 is 15.9 Å². The molecule has 0 aromatic carbocycles. The van der Waals surface area contributed by atoms with Gasteiger partial charge in [-0.25, -0.2) is 8.42 Å². The summed E-state index contributed by atoms with van der Waals surface area (Å²) in [6.07, 6.45) is 5.00. The van der Waals surface area contributed by atoms with Crippen molar-refractivity contribution in [2.24, 2.45) is 7.05 Å². The van der Waals surface area contributed by atoms with Crippen LogP contribution >= 0.6 is 0 Å². The van der Waals surface area contributed by atoms with Crippen molar-refractivity contribution in [2.75, 3.05) is 33.4 Å². The Kier molecular flexibility index (Phi) is 7.25. The summed E-state index contributed by atoms with van der Waals surface area (Å²) in [5, 5.41) is 0. The second-order valence-corrected chi connectivity index (χ2v) is 8.68. The van der Waals surface area contributed by atoms with Crippen LogP contribution in [0.1, 0.15) is 50.0 Å². The Balaban J connectivity index is 2.31. The van der Waals surface area contributed by atoms with E-state index < -0.39 is 10.0 Å². The standard InChI is InChI=1S/C18H31N3O4S/c1-5-15(6-2)21(11-12-25-4)18(22)17-13-16(14-19(17)3)26(23,24)20-9-7-8-10-20/h13-15H,5-12H2,1-4H3. The first kappa shape index (κ1) is 20.9. The zero-order chi connectivity index (χ0) is 19.3. The summed E-state index contributed by atoms with van der Waals surface area (Å²) in [6.45, 7) is 6.14. The maximum Gasteiger partial charge on any atom is 0.270 e. The lowest BCUT2D eigenvalue weighted by atomic mass is 10.1. The fourth-order valence-corrected chi connectivity index (χ4v) is 5.07. The minimum Gasteiger partial charge on any atom is -0.383 e. The van der Waals surface area contributed by atoms with Crippen LogP contribution in [0.5, 0.6) is 0 Å². The van der Waals surface area contributed by atoms with Gasteiger partial charge in [0.1, 0.15) is 10.6 Å². The Morgan fingerprint density at radius 3 is 2.42 bits per heavy atom. The topological polar surface area (TPSA) is 71.8 Å². The lowest BCUT2D eigenvalue weighted by Crippen LogP contribution is -2.42. The number of sulfonamides is 1. The number of ether oxygens (including phenoxy) is 1. The number of carbonyl (C=O) groups excluding carboxylic acids is 1. The Labute approximate surface area is 157 Å². The highest BCUT2D eigenvalue weighted by Gasteiger charge is 2.31. The van der Waals surface area contributed by atoms with Gasteiger partial charge in [0.05, 0.1) is 6.61 Å². The van der Waals surface area contributed by atoms with E-state index in [1.54, 1.807) is 29.8 Å². The van der Waals surface area contributed by atoms with Gasteiger partial charge in [0, 0.05) is 46.0 Å². The molecule has 1 fully saturated rings. The monoisotopic (exact) mass is 385 g/mol. The van der Waals surface area contributed by atoms with E-state index in [1.165, 1.54) is 10.4 Å². The van der Waals surface area contributed by atoms with Gasteiger partial charge < -0.3 is 14.2 Å². The van der Waals surface area contributed by atoms with Crippen molar-refractivity contribution in [1.29, 1.82) is 0 Å². The van der Waals surface area contributed by atoms with Crippen molar-refractivity contribution in [3.05, 3.63) is 18.0 Å². The van der Waals surface area contributed by atoms with Gasteiger partial charge >= 0.3 is 0 Å². The van der Waals surface area contributed by atoms with Crippen molar-refractivity contribution in [2.45, 2.75) is 50.5 Å². The van der Waals surface area contributed by atoms with Crippen molar-refractivity contribution in [3.63, 3.8) is 0 Å². The van der Waals surface area contributed by atoms with E-state index >= 15 is 0 Å². The molecule has 1 aromatic rings. The van der Waals surface area contributed by atoms with Crippen LogP contribution in [0, 0.1) is 0 Å². The molecule has 0 saturated carbocycles. The minimum atomic E-state index is -3.53. The van der Waals surface area contributed by atoms with Gasteiger partial charge in [-0.1, -0.05) is 13.8 Å². The van der Waals surface area contributed by atoms with Gasteiger partial charge in [0.15, 0.2) is 0 Å². The third kappa shape index (κ3) is 4.29. The first-order chi connectivity index (χ1) is 12.4. The van der Waals surface area contributed by atoms with Crippen molar-refractivity contribution < 1.29 is 17.9 Å². The van der Waals surface area contributed by atoms with E-state index in [-0.39, 0.29) is 16.8 Å². The molecular weight excluding hydrogens is 354 g/mol. The van der Waals surface area contributed by atoms with E-state index in [0.717, 1.165) is 25.7 Å². The number of aromatic nitrogens is 1. The SMILES string of the molecule is CCC(CC)N(CCOC)C(=O)c1cc(S(=O)(=O)N2CCCC2)cn1C. The highest BCUT2D eigenvalue weighted by atomic mass is 32.2. The zero-order valence-corrected chi connectivity index (χ0v) is 17.1. The number of hydrogen-bond acceptors (Lipinski definition) is 4. The average Bonchev–Trinajstić information content (AvgIpc) is 3.28. The molecule has 0 spiro atoms. The van der Waals surface area contributed by atoms with E-state index in [2.05, 4.69) is 13.8 Å². The predicted octanol–water partition coefficient (Wildman–Crippen LogP) is 2.09. The maximum absolute atomic E-state index is 13.1. The van der Waals surface area contributed by atoms with Crippen LogP contribution in [-0.4, -0.2) is 67.5 Å². The lowest BCUT2D eigenvalue weighted by molar-refractivity contribution is 0.0580. The van der Waals surface area contributed by atoms with E-state index in [1.807, 2.05) is 0 Å². The minimum absolute atomic E-state index is 0.103. The molecule has 0 aliphatic carbocycles. The Bertz CT molecular complexity index is 704. The Hall–Kier alpha value is -1.38. The summed E-state index contributed by atoms with van der Waals surface area (Å²) in [4.78, 5) is 15.1. The molecule has 1 aliphatic rings. The third-order valence-electron chi connectivity index (χ3n) is 5.08. The molecule has 0 bridgehead atoms. The van der Waals surface area contributed by atoms with Crippen LogP contribution < -0.4 is 0 Å². The Morgan fingerprint density at radius 1 is 1.27 bits per heavy atom. The largest absolute Gasteiger partial charge is 0.383 e. The highest BCUT2D eigenvalue weighted by Crippen LogP contribution is 2.24. The molecule has 0 radical (unpaired) electrons. The van der Waals surface area contributed by atoms with Gasteiger partial charge in [0.2, 0.25) is 10.0 Å². The molecule has 0 N–H and O–H groups in total. The first-order valence-electron chi connectivity index (χ1n) is 9.33. The molecule has 1 saturated heterocycles. The molecule has 1 aromatic heterocycles. The van der Waals surface area contributed by atoms with Crippen LogP contribution in [-0.2, 0) is 21.8 Å². The number of rotatable bonds is 9. The third-order valence-corrected chi connectivity index (χ3v) is 6.95. The van der Waals surface area contributed by atoms with Crippen molar-refractivity contribution in [3.8, 4) is 0 Å². The normalized spacial score (nSPS) is 15.7. The fraction of sp³-hybridized carbons (Fsp3) is 0.722. The molecule has 148 valence electrons. The molecule has 0 atom stereocenters. The van der Waals surface area contributed by atoms with Crippen LogP contribution in [0.3, 0.4) is 0 Å². The smallest absolute Gasteiger partial charge is 0.270 e. The second-order valence-electron chi connectivity index (χ2n) is 6.74. The highest BCUT2D eigenvalue weighted by molar-refractivity contribution is 7.89. The molecule has 8 heteroatoms. The fourth-order valence-electron chi connectivity index (χ4n) is 3.48. The van der Waals surface area contributed by atoms with Gasteiger partial charge in [-0.2, -0.15) is 4.31 Å². The molecular formula is C18H31N3O4S. The number of methoxy groups -OCH3 is 1. The van der Waals surface area contributed by atoms with Crippen LogP contribution in [0.25, 0.3) is 0 Å². The maximum atomic E-state index is 13.1. The van der Waals surface area contributed by atoms with Gasteiger partial charge in [0.25, 0.3) is 5.91 Å². The summed E-state index contributed by atoms with van der Waals surface area (Å²) in [6, 6.07) is 1.62. The summed E-state index contributed by atoms with van der Waals surface area (Å²) in [7, 11) is -0.201. The predicted molar refractivity (Wildman–Crippen MR) is 101 cm³/mol. The van der Waals surface area contributed by atoms with Crippen LogP contribution in [0.2, 0.25) is 0 Å². The number of aryl methyl sites for hydroxylation is 1. The molecule has 2 heterocycles. The second kappa shape index (κ2) is 9.01. The summed E-state index contributed by atoms with van der Waals surface area (Å²) in [5.41, 5.74) is 0.394. The quantitative estimate of drug-likeness (QED) is 0.652. The van der Waals surface area contributed by atoms with Gasteiger partial charge in [-0.15, -0.1) is 0 Å². The number of carbonyl (C=O) groups is 1. The summed E-state index contributed by atoms with van der Waals surface area (Å²) in [5.74, 6) is -0.152. The summed E-state index contributed by atoms with van der Waals surface area (Å²) >= 11 is 0. The average molecular weight is 386 g/mol. The van der Waals surface area contributed by atoms with Crippen molar-refractivity contribution in [1.82, 2.24) is 13.8 Å². The molecule has 1 aliphatic heterocycles. The Morgan fingerprint density at radius 2 is 1.88 bits per heavy atom. The molecule has 7 nitrogen and oxygen atoms in total. The van der Waals surface area contributed by atoms with Crippen LogP contribution in [0.4, 0.5) is 0 Å². The summed E-state index contributed by atoms with van der Waals surface area (Å²) < 4.78 is 33.8. The number of nitrogens with zero attached hydrogens (tertiary/aromatic N) is 3. The van der Waals surface area contributed by atoms with E-state index in [0.29, 0.717) is 31.9 Å². The number of hydrogen-bond donors (Lipinski definition) is 0. The van der Waals surface area contributed by atoms with Gasteiger partial charge in [-0.05, 0) is 31.7 Å². The first-order valence-corrected chi connectivity index (χ1v) is 10.8. The van der Waals surface area contributed by atoms with Crippen LogP contribution in [0.15, 0.2) is 17.2 Å². The van der Waals surface area contributed by atoms with E-state index in [9.17, 15) is 13.2 Å². The van der Waals surface area contributed by atoms with E-state index in [4.69, 9.17) is 4.74 Å². The number of amides is 1. The lowest BCUT2D eigenvalue weighted by Gasteiger charge is -2.30. The molecule has 2 rings (SSSR count). The molecule has 0 unspecified atom stereocenters. The molecule has 1 amide bonds. The zero-order valence-electron chi connectivity index (χ0n) is 16.3. The molecule has 26 heavy (non-hydrogen) atoms.